The first-order valence-electron chi connectivity index (χ1n) is 7.80. The van der Waals surface area contributed by atoms with Gasteiger partial charge >= 0.3 is 0 Å². The number of nitrogens with one attached hydrogen (secondary N) is 2. The van der Waals surface area contributed by atoms with Crippen LogP contribution in [0.15, 0.2) is 23.6 Å². The summed E-state index contributed by atoms with van der Waals surface area (Å²) in [4.78, 5) is 16.8. The highest BCUT2D eigenvalue weighted by Gasteiger charge is 2.12. The Morgan fingerprint density at radius 2 is 2.14 bits per heavy atom. The van der Waals surface area contributed by atoms with Crippen LogP contribution in [-0.2, 0) is 25.8 Å². The molecule has 0 aliphatic carbocycles. The highest BCUT2D eigenvalue weighted by molar-refractivity contribution is 7.09. The molecule has 5 heteroatoms. The van der Waals surface area contributed by atoms with E-state index in [-0.39, 0.29) is 5.91 Å². The summed E-state index contributed by atoms with van der Waals surface area (Å²) in [5, 5.41) is 9.48. The molecule has 2 N–H and O–H groups in total. The van der Waals surface area contributed by atoms with Gasteiger partial charge in [-0.15, -0.1) is 11.3 Å². The van der Waals surface area contributed by atoms with E-state index in [0.29, 0.717) is 6.54 Å². The number of hydrogen-bond donors (Lipinski definition) is 2. The number of nitrogens with zero attached hydrogens (tertiary/aromatic N) is 1. The van der Waals surface area contributed by atoms with Crippen molar-refractivity contribution in [1.29, 1.82) is 0 Å². The molecule has 0 saturated carbocycles. The number of thiazole rings is 1. The van der Waals surface area contributed by atoms with Crippen LogP contribution in [0.4, 0.5) is 0 Å². The van der Waals surface area contributed by atoms with Gasteiger partial charge in [0.05, 0.1) is 17.2 Å². The van der Waals surface area contributed by atoms with Crippen molar-refractivity contribution < 1.29 is 4.79 Å². The molecule has 0 bridgehead atoms. The lowest BCUT2D eigenvalue weighted by molar-refractivity contribution is 0.0950. The Bertz CT molecular complexity index is 666. The molecule has 2 aromatic rings. The third-order valence-corrected chi connectivity index (χ3v) is 4.98. The summed E-state index contributed by atoms with van der Waals surface area (Å²) in [6.45, 7) is 4.58. The average molecular weight is 315 g/mol. The Labute approximate surface area is 135 Å². The molecule has 1 amide bonds. The van der Waals surface area contributed by atoms with Crippen LogP contribution in [0.5, 0.6) is 0 Å². The zero-order valence-corrected chi connectivity index (χ0v) is 13.6. The maximum Gasteiger partial charge on any atom is 0.251 e. The third kappa shape index (κ3) is 3.54. The van der Waals surface area contributed by atoms with Gasteiger partial charge in [0.25, 0.3) is 5.91 Å². The van der Waals surface area contributed by atoms with Gasteiger partial charge in [-0.2, -0.15) is 0 Å². The number of rotatable bonds is 4. The van der Waals surface area contributed by atoms with Gasteiger partial charge < -0.3 is 10.6 Å². The fourth-order valence-corrected chi connectivity index (χ4v) is 3.43. The topological polar surface area (TPSA) is 54.0 Å². The molecule has 1 aliphatic rings. The molecule has 1 aliphatic heterocycles. The van der Waals surface area contributed by atoms with Crippen molar-refractivity contribution in [2.24, 2.45) is 0 Å². The standard InChI is InChI=1S/C17H21N3OS/c1-2-16-20-15(11-22-16)10-19-17(21)14-4-3-12-5-7-18-8-6-13(12)9-14/h3-4,9,11,18H,2,5-8,10H2,1H3,(H,19,21). The van der Waals surface area contributed by atoms with Crippen molar-refractivity contribution in [3.63, 3.8) is 0 Å². The monoisotopic (exact) mass is 315 g/mol. The molecule has 1 aromatic heterocycles. The van der Waals surface area contributed by atoms with Crippen LogP contribution in [-0.4, -0.2) is 24.0 Å². The molecule has 116 valence electrons. The summed E-state index contributed by atoms with van der Waals surface area (Å²) in [7, 11) is 0. The van der Waals surface area contributed by atoms with Gasteiger partial charge in [0, 0.05) is 10.9 Å². The summed E-state index contributed by atoms with van der Waals surface area (Å²) >= 11 is 1.65. The Balaban J connectivity index is 1.65. The highest BCUT2D eigenvalue weighted by Crippen LogP contribution is 2.16. The maximum absolute atomic E-state index is 12.3. The van der Waals surface area contributed by atoms with Gasteiger partial charge in [0.2, 0.25) is 0 Å². The molecule has 0 saturated heterocycles. The van der Waals surface area contributed by atoms with Crippen LogP contribution in [0.2, 0.25) is 0 Å². The van der Waals surface area contributed by atoms with E-state index in [4.69, 9.17) is 0 Å². The van der Waals surface area contributed by atoms with E-state index in [0.717, 1.165) is 48.6 Å². The van der Waals surface area contributed by atoms with E-state index in [1.807, 2.05) is 17.5 Å². The third-order valence-electron chi connectivity index (χ3n) is 3.94. The lowest BCUT2D eigenvalue weighted by Crippen LogP contribution is -2.23. The average Bonchev–Trinajstić information content (AvgIpc) is 2.88. The summed E-state index contributed by atoms with van der Waals surface area (Å²) in [6.07, 6.45) is 2.97. The summed E-state index contributed by atoms with van der Waals surface area (Å²) < 4.78 is 0. The molecule has 2 heterocycles. The van der Waals surface area contributed by atoms with Crippen molar-refractivity contribution in [3.8, 4) is 0 Å². The van der Waals surface area contributed by atoms with Crippen molar-refractivity contribution in [2.45, 2.75) is 32.7 Å². The summed E-state index contributed by atoms with van der Waals surface area (Å²) in [5.41, 5.74) is 4.33. The molecule has 0 spiro atoms. The number of amides is 1. The minimum absolute atomic E-state index is 0.0222. The Kier molecular flexibility index (Phi) is 4.85. The van der Waals surface area contributed by atoms with Crippen molar-refractivity contribution in [3.05, 3.63) is 51.0 Å². The first-order valence-corrected chi connectivity index (χ1v) is 8.68. The first-order chi connectivity index (χ1) is 10.8. The van der Waals surface area contributed by atoms with E-state index >= 15 is 0 Å². The summed E-state index contributed by atoms with van der Waals surface area (Å²) in [5.74, 6) is -0.0222. The van der Waals surface area contributed by atoms with Crippen LogP contribution < -0.4 is 10.6 Å². The van der Waals surface area contributed by atoms with E-state index in [9.17, 15) is 4.79 Å². The predicted molar refractivity (Wildman–Crippen MR) is 89.4 cm³/mol. The van der Waals surface area contributed by atoms with Crippen LogP contribution in [0.25, 0.3) is 0 Å². The molecule has 0 fully saturated rings. The zero-order chi connectivity index (χ0) is 15.4. The molecular formula is C17H21N3OS. The number of fused-ring (bicyclic) bond motifs is 1. The lowest BCUT2D eigenvalue weighted by atomic mass is 10.00. The van der Waals surface area contributed by atoms with Crippen LogP contribution in [0, 0.1) is 0 Å². The second-order valence-electron chi connectivity index (χ2n) is 5.50. The molecule has 0 radical (unpaired) electrons. The normalized spacial score (nSPS) is 14.2. The van der Waals surface area contributed by atoms with E-state index in [2.05, 4.69) is 28.6 Å². The molecule has 4 nitrogen and oxygen atoms in total. The second-order valence-corrected chi connectivity index (χ2v) is 6.44. The Hall–Kier alpha value is -1.72. The number of carbonyl (C=O) groups excluding carboxylic acids is 1. The van der Waals surface area contributed by atoms with Crippen molar-refractivity contribution >= 4 is 17.2 Å². The van der Waals surface area contributed by atoms with Crippen molar-refractivity contribution in [1.82, 2.24) is 15.6 Å². The fourth-order valence-electron chi connectivity index (χ4n) is 2.68. The van der Waals surface area contributed by atoms with Gasteiger partial charge in [-0.05, 0) is 55.6 Å². The molecule has 22 heavy (non-hydrogen) atoms. The Morgan fingerprint density at radius 3 is 2.91 bits per heavy atom. The molecule has 0 unspecified atom stereocenters. The van der Waals surface area contributed by atoms with E-state index in [1.54, 1.807) is 11.3 Å². The lowest BCUT2D eigenvalue weighted by Gasteiger charge is -2.08. The second kappa shape index (κ2) is 7.03. The van der Waals surface area contributed by atoms with Gasteiger partial charge in [-0.25, -0.2) is 4.98 Å². The number of aryl methyl sites for hydroxylation is 1. The maximum atomic E-state index is 12.3. The van der Waals surface area contributed by atoms with Gasteiger partial charge in [-0.1, -0.05) is 13.0 Å². The van der Waals surface area contributed by atoms with E-state index in [1.165, 1.54) is 11.1 Å². The van der Waals surface area contributed by atoms with Crippen LogP contribution in [0.3, 0.4) is 0 Å². The zero-order valence-electron chi connectivity index (χ0n) is 12.8. The van der Waals surface area contributed by atoms with E-state index < -0.39 is 0 Å². The largest absolute Gasteiger partial charge is 0.346 e. The molecule has 1 aromatic carbocycles. The minimum Gasteiger partial charge on any atom is -0.346 e. The highest BCUT2D eigenvalue weighted by atomic mass is 32.1. The molecule has 3 rings (SSSR count). The fraction of sp³-hybridized carbons (Fsp3) is 0.412. The molecule has 0 atom stereocenters. The predicted octanol–water partition coefficient (Wildman–Crippen LogP) is 2.32. The number of carbonyl (C=O) groups is 1. The van der Waals surface area contributed by atoms with Crippen molar-refractivity contribution in [2.75, 3.05) is 13.1 Å². The van der Waals surface area contributed by atoms with Gasteiger partial charge in [0.1, 0.15) is 0 Å². The number of benzene rings is 1. The van der Waals surface area contributed by atoms with Crippen LogP contribution >= 0.6 is 11.3 Å². The number of hydrogen-bond acceptors (Lipinski definition) is 4. The number of aromatic nitrogens is 1. The molecular weight excluding hydrogens is 294 g/mol. The summed E-state index contributed by atoms with van der Waals surface area (Å²) in [6, 6.07) is 6.06. The van der Waals surface area contributed by atoms with Gasteiger partial charge in [-0.3, -0.25) is 4.79 Å². The van der Waals surface area contributed by atoms with Crippen LogP contribution in [0.1, 0.15) is 39.1 Å². The minimum atomic E-state index is -0.0222. The first kappa shape index (κ1) is 15.2. The Morgan fingerprint density at radius 1 is 1.32 bits per heavy atom. The van der Waals surface area contributed by atoms with Gasteiger partial charge in [0.15, 0.2) is 0 Å². The smallest absolute Gasteiger partial charge is 0.251 e. The SMILES string of the molecule is CCc1nc(CNC(=O)c2ccc3c(c2)CCNCC3)cs1. The quantitative estimate of drug-likeness (QED) is 0.910.